The van der Waals surface area contributed by atoms with E-state index in [-0.39, 0.29) is 5.91 Å². The Morgan fingerprint density at radius 2 is 2.06 bits per heavy atom. The van der Waals surface area contributed by atoms with Crippen LogP contribution in [-0.4, -0.2) is 43.5 Å². The Bertz CT molecular complexity index is 225. The van der Waals surface area contributed by atoms with E-state index in [1.807, 2.05) is 0 Å². The van der Waals surface area contributed by atoms with Crippen molar-refractivity contribution in [2.45, 2.75) is 45.1 Å². The summed E-state index contributed by atoms with van der Waals surface area (Å²) in [5.74, 6) is 0.770. The minimum absolute atomic E-state index is 0.212. The molecule has 0 spiro atoms. The molecule has 1 fully saturated rings. The smallest absolute Gasteiger partial charge is 0.220 e. The van der Waals surface area contributed by atoms with Gasteiger partial charge in [-0.1, -0.05) is 6.92 Å². The van der Waals surface area contributed by atoms with Gasteiger partial charge in [0.1, 0.15) is 0 Å². The number of nitrogens with zero attached hydrogens (tertiary/aromatic N) is 1. The Kier molecular flexibility index (Phi) is 6.52. The molecule has 1 heterocycles. The summed E-state index contributed by atoms with van der Waals surface area (Å²) in [7, 11) is 2.13. The number of likely N-dealkylation sites (tertiary alicyclic amines) is 1. The third-order valence-electron chi connectivity index (χ3n) is 3.61. The van der Waals surface area contributed by atoms with Gasteiger partial charge in [0.25, 0.3) is 0 Å². The van der Waals surface area contributed by atoms with Gasteiger partial charge >= 0.3 is 0 Å². The van der Waals surface area contributed by atoms with E-state index in [2.05, 4.69) is 24.2 Å². The summed E-state index contributed by atoms with van der Waals surface area (Å²) in [4.78, 5) is 14.1. The second kappa shape index (κ2) is 7.67. The highest BCUT2D eigenvalue weighted by Gasteiger charge is 2.18. The lowest BCUT2D eigenvalue weighted by atomic mass is 10.0. The van der Waals surface area contributed by atoms with E-state index in [0.717, 1.165) is 45.3 Å². The van der Waals surface area contributed by atoms with E-state index in [4.69, 9.17) is 5.73 Å². The molecule has 0 bridgehead atoms. The monoisotopic (exact) mass is 241 g/mol. The molecule has 100 valence electrons. The molecule has 1 rings (SSSR count). The molecular formula is C13H27N3O. The fraction of sp³-hybridized carbons (Fsp3) is 0.923. The molecule has 1 saturated heterocycles. The van der Waals surface area contributed by atoms with Crippen LogP contribution >= 0.6 is 0 Å². The van der Waals surface area contributed by atoms with Crippen LogP contribution in [0.1, 0.15) is 39.0 Å². The van der Waals surface area contributed by atoms with Crippen LogP contribution in [0.2, 0.25) is 0 Å². The number of hydrogen-bond donors (Lipinski definition) is 2. The molecule has 4 heteroatoms. The molecule has 1 unspecified atom stereocenters. The summed E-state index contributed by atoms with van der Waals surface area (Å²) in [5, 5.41) is 3.14. The van der Waals surface area contributed by atoms with E-state index >= 15 is 0 Å². The minimum Gasteiger partial charge on any atom is -0.353 e. The molecule has 1 atom stereocenters. The molecule has 1 aliphatic heterocycles. The Morgan fingerprint density at radius 3 is 2.65 bits per heavy atom. The number of carbonyl (C=O) groups excluding carboxylic acids is 1. The average molecular weight is 241 g/mol. The lowest BCUT2D eigenvalue weighted by molar-refractivity contribution is -0.122. The molecule has 0 aromatic rings. The standard InChI is InChI=1S/C13H27N3O/c1-11(5-8-14)3-4-13(17)15-12-6-9-16(2)10-7-12/h11-12H,3-10,14H2,1-2H3,(H,15,17). The molecule has 1 aliphatic rings. The highest BCUT2D eigenvalue weighted by molar-refractivity contribution is 5.76. The van der Waals surface area contributed by atoms with Crippen LogP contribution in [0.3, 0.4) is 0 Å². The summed E-state index contributed by atoms with van der Waals surface area (Å²) in [6, 6.07) is 0.392. The minimum atomic E-state index is 0.212. The van der Waals surface area contributed by atoms with E-state index in [1.54, 1.807) is 0 Å². The second-order valence-corrected chi connectivity index (χ2v) is 5.37. The van der Waals surface area contributed by atoms with Crippen molar-refractivity contribution in [2.75, 3.05) is 26.7 Å². The normalized spacial score (nSPS) is 20.2. The molecular weight excluding hydrogens is 214 g/mol. The molecule has 1 amide bonds. The van der Waals surface area contributed by atoms with Gasteiger partial charge in [-0.15, -0.1) is 0 Å². The molecule has 0 aromatic carbocycles. The summed E-state index contributed by atoms with van der Waals surface area (Å²) in [6.45, 7) is 5.07. The van der Waals surface area contributed by atoms with Crippen LogP contribution in [0.5, 0.6) is 0 Å². The lowest BCUT2D eigenvalue weighted by Crippen LogP contribution is -2.43. The van der Waals surface area contributed by atoms with Gasteiger partial charge in [0.05, 0.1) is 0 Å². The summed E-state index contributed by atoms with van der Waals surface area (Å²) < 4.78 is 0. The largest absolute Gasteiger partial charge is 0.353 e. The van der Waals surface area contributed by atoms with E-state index in [0.29, 0.717) is 18.4 Å². The number of rotatable bonds is 6. The number of piperidine rings is 1. The van der Waals surface area contributed by atoms with Gasteiger partial charge in [-0.25, -0.2) is 0 Å². The first-order valence-corrected chi connectivity index (χ1v) is 6.79. The van der Waals surface area contributed by atoms with Crippen molar-refractivity contribution in [3.05, 3.63) is 0 Å². The van der Waals surface area contributed by atoms with Crippen molar-refractivity contribution >= 4 is 5.91 Å². The first kappa shape index (κ1) is 14.5. The molecule has 4 nitrogen and oxygen atoms in total. The Morgan fingerprint density at radius 1 is 1.41 bits per heavy atom. The summed E-state index contributed by atoms with van der Waals surface area (Å²) in [5.41, 5.74) is 5.49. The number of carbonyl (C=O) groups is 1. The first-order valence-electron chi connectivity index (χ1n) is 6.79. The summed E-state index contributed by atoms with van der Waals surface area (Å²) >= 11 is 0. The Labute approximate surface area is 105 Å². The maximum absolute atomic E-state index is 11.7. The fourth-order valence-electron chi connectivity index (χ4n) is 2.26. The first-order chi connectivity index (χ1) is 8.11. The third kappa shape index (κ3) is 6.03. The van der Waals surface area contributed by atoms with Gasteiger partial charge in [-0.2, -0.15) is 0 Å². The maximum Gasteiger partial charge on any atom is 0.220 e. The molecule has 0 saturated carbocycles. The van der Waals surface area contributed by atoms with Gasteiger partial charge in [0.2, 0.25) is 5.91 Å². The van der Waals surface area contributed by atoms with Crippen molar-refractivity contribution in [2.24, 2.45) is 11.7 Å². The average Bonchev–Trinajstić information content (AvgIpc) is 2.30. The van der Waals surface area contributed by atoms with E-state index in [9.17, 15) is 4.79 Å². The number of nitrogens with two attached hydrogens (primary N) is 1. The van der Waals surface area contributed by atoms with Crippen molar-refractivity contribution in [3.8, 4) is 0 Å². The van der Waals surface area contributed by atoms with Crippen molar-refractivity contribution < 1.29 is 4.79 Å². The SMILES string of the molecule is CC(CCN)CCC(=O)NC1CCN(C)CC1. The molecule has 0 aliphatic carbocycles. The Hall–Kier alpha value is -0.610. The van der Waals surface area contributed by atoms with Crippen LogP contribution in [0.4, 0.5) is 0 Å². The maximum atomic E-state index is 11.7. The highest BCUT2D eigenvalue weighted by Crippen LogP contribution is 2.11. The molecule has 0 radical (unpaired) electrons. The van der Waals surface area contributed by atoms with Crippen molar-refractivity contribution in [1.29, 1.82) is 0 Å². The van der Waals surface area contributed by atoms with Gasteiger partial charge in [-0.05, 0) is 58.3 Å². The quantitative estimate of drug-likeness (QED) is 0.728. The van der Waals surface area contributed by atoms with Crippen molar-refractivity contribution in [1.82, 2.24) is 10.2 Å². The zero-order valence-electron chi connectivity index (χ0n) is 11.2. The van der Waals surface area contributed by atoms with Gasteiger partial charge < -0.3 is 16.0 Å². The summed E-state index contributed by atoms with van der Waals surface area (Å²) in [6.07, 6.45) is 4.78. The zero-order valence-corrected chi connectivity index (χ0v) is 11.2. The van der Waals surface area contributed by atoms with Gasteiger partial charge in [0.15, 0.2) is 0 Å². The number of amides is 1. The second-order valence-electron chi connectivity index (χ2n) is 5.37. The number of hydrogen-bond acceptors (Lipinski definition) is 3. The van der Waals surface area contributed by atoms with Crippen molar-refractivity contribution in [3.63, 3.8) is 0 Å². The molecule has 17 heavy (non-hydrogen) atoms. The van der Waals surface area contributed by atoms with Crippen LogP contribution < -0.4 is 11.1 Å². The zero-order chi connectivity index (χ0) is 12.7. The van der Waals surface area contributed by atoms with Crippen LogP contribution in [0.15, 0.2) is 0 Å². The lowest BCUT2D eigenvalue weighted by Gasteiger charge is -2.29. The number of nitrogens with one attached hydrogen (secondary N) is 1. The van der Waals surface area contributed by atoms with Gasteiger partial charge in [0, 0.05) is 12.5 Å². The van der Waals surface area contributed by atoms with Gasteiger partial charge in [-0.3, -0.25) is 4.79 Å². The molecule has 0 aromatic heterocycles. The Balaban J connectivity index is 2.12. The van der Waals surface area contributed by atoms with E-state index in [1.165, 1.54) is 0 Å². The topological polar surface area (TPSA) is 58.4 Å². The van der Waals surface area contributed by atoms with E-state index < -0.39 is 0 Å². The van der Waals surface area contributed by atoms with Crippen LogP contribution in [0, 0.1) is 5.92 Å². The third-order valence-corrected chi connectivity index (χ3v) is 3.61. The predicted octanol–water partition coefficient (Wildman–Crippen LogP) is 0.962. The van der Waals surface area contributed by atoms with Crippen LogP contribution in [-0.2, 0) is 4.79 Å². The highest BCUT2D eigenvalue weighted by atomic mass is 16.1. The predicted molar refractivity (Wildman–Crippen MR) is 70.7 cm³/mol. The fourth-order valence-corrected chi connectivity index (χ4v) is 2.26. The molecule has 3 N–H and O–H groups in total. The van der Waals surface area contributed by atoms with Crippen LogP contribution in [0.25, 0.3) is 0 Å².